The zero-order chi connectivity index (χ0) is 21.4. The third-order valence-corrected chi connectivity index (χ3v) is 6.09. The third kappa shape index (κ3) is 3.52. The lowest BCUT2D eigenvalue weighted by Crippen LogP contribution is -2.28. The maximum atomic E-state index is 12.8. The van der Waals surface area contributed by atoms with Crippen molar-refractivity contribution < 1.29 is 19.1 Å². The highest BCUT2D eigenvalue weighted by Crippen LogP contribution is 2.52. The predicted molar refractivity (Wildman–Crippen MR) is 114 cm³/mol. The van der Waals surface area contributed by atoms with Crippen molar-refractivity contribution in [3.8, 4) is 5.75 Å². The van der Waals surface area contributed by atoms with E-state index in [2.05, 4.69) is 10.4 Å². The molecule has 1 heterocycles. The van der Waals surface area contributed by atoms with Gasteiger partial charge in [-0.1, -0.05) is 42.5 Å². The summed E-state index contributed by atoms with van der Waals surface area (Å²) in [7, 11) is 0. The number of fused-ring (bicyclic) bond motifs is 5. The molecule has 2 aliphatic carbocycles. The summed E-state index contributed by atoms with van der Waals surface area (Å²) in [4.78, 5) is 37.7. The Balaban J connectivity index is 1.26. The molecule has 156 valence electrons. The molecule has 4 unspecified atom stereocenters. The van der Waals surface area contributed by atoms with Crippen LogP contribution in [0.25, 0.3) is 0 Å². The molecule has 1 aliphatic heterocycles. The second-order valence-electron chi connectivity index (χ2n) is 7.97. The summed E-state index contributed by atoms with van der Waals surface area (Å²) in [6.07, 6.45) is 6.42. The number of allylic oxidation sites excluding steroid dienone is 2. The number of benzene rings is 2. The second kappa shape index (κ2) is 7.83. The van der Waals surface area contributed by atoms with E-state index in [0.717, 1.165) is 11.4 Å². The number of hydrogen-bond acceptors (Lipinski definition) is 5. The van der Waals surface area contributed by atoms with Crippen molar-refractivity contribution in [3.05, 3.63) is 72.3 Å². The van der Waals surface area contributed by atoms with E-state index < -0.39 is 0 Å². The van der Waals surface area contributed by atoms with E-state index in [1.54, 1.807) is 36.4 Å². The molecule has 0 spiro atoms. The first-order valence-corrected chi connectivity index (χ1v) is 10.3. The molecule has 1 saturated carbocycles. The predicted octanol–water partition coefficient (Wildman–Crippen LogP) is 2.85. The van der Waals surface area contributed by atoms with Gasteiger partial charge in [0.2, 0.25) is 0 Å². The summed E-state index contributed by atoms with van der Waals surface area (Å²) in [5.41, 5.74) is 1.26. The normalized spacial score (nSPS) is 26.0. The number of hydrazone groups is 1. The Bertz CT molecular complexity index is 1070. The Labute approximate surface area is 179 Å². The van der Waals surface area contributed by atoms with Crippen molar-refractivity contribution in [1.82, 2.24) is 5.01 Å². The number of carbonyl (C=O) groups is 3. The molecule has 4 atom stereocenters. The van der Waals surface area contributed by atoms with Crippen molar-refractivity contribution in [2.45, 2.75) is 6.42 Å². The molecule has 1 N–H and O–H groups in total. The summed E-state index contributed by atoms with van der Waals surface area (Å²) >= 11 is 0. The fourth-order valence-electron chi connectivity index (χ4n) is 4.70. The van der Waals surface area contributed by atoms with Gasteiger partial charge in [-0.05, 0) is 42.5 Å². The average Bonchev–Trinajstić information content (AvgIpc) is 3.46. The maximum Gasteiger partial charge on any atom is 0.262 e. The zero-order valence-corrected chi connectivity index (χ0v) is 16.7. The van der Waals surface area contributed by atoms with Gasteiger partial charge in [-0.25, -0.2) is 0 Å². The van der Waals surface area contributed by atoms with Crippen molar-refractivity contribution >= 4 is 29.6 Å². The average molecular weight is 415 g/mol. The van der Waals surface area contributed by atoms with Crippen molar-refractivity contribution in [3.63, 3.8) is 0 Å². The number of amides is 3. The molecule has 3 aliphatic rings. The molecule has 0 radical (unpaired) electrons. The summed E-state index contributed by atoms with van der Waals surface area (Å²) in [6.45, 7) is -0.180. The first-order chi connectivity index (χ1) is 15.1. The van der Waals surface area contributed by atoms with Gasteiger partial charge in [0, 0.05) is 11.3 Å². The molecular weight excluding hydrogens is 394 g/mol. The van der Waals surface area contributed by atoms with Crippen molar-refractivity contribution in [2.75, 3.05) is 11.9 Å². The van der Waals surface area contributed by atoms with Crippen LogP contribution in [0.3, 0.4) is 0 Å². The Morgan fingerprint density at radius 1 is 1.00 bits per heavy atom. The number of ether oxygens (including phenoxy) is 1. The van der Waals surface area contributed by atoms with Crippen LogP contribution >= 0.6 is 0 Å². The quantitative estimate of drug-likeness (QED) is 0.446. The summed E-state index contributed by atoms with van der Waals surface area (Å²) < 4.78 is 5.66. The van der Waals surface area contributed by atoms with Gasteiger partial charge in [0.25, 0.3) is 17.7 Å². The number of anilines is 1. The molecule has 5 rings (SSSR count). The lowest BCUT2D eigenvalue weighted by molar-refractivity contribution is -0.140. The molecule has 31 heavy (non-hydrogen) atoms. The van der Waals surface area contributed by atoms with Crippen LogP contribution in [-0.2, 0) is 14.4 Å². The van der Waals surface area contributed by atoms with Crippen LogP contribution in [0.2, 0.25) is 0 Å². The van der Waals surface area contributed by atoms with Crippen LogP contribution in [0.4, 0.5) is 5.69 Å². The number of rotatable bonds is 6. The standard InChI is InChI=1S/C24H21N3O4/c28-20(26-18-7-2-1-3-8-18)14-31-19-9-5-4-6-17(19)13-25-27-23(29)21-15-10-11-16(12-15)22(21)24(27)30/h1-11,13,15-16,21-22H,12,14H2,(H,26,28). The Morgan fingerprint density at radius 3 is 2.35 bits per heavy atom. The molecule has 2 fully saturated rings. The Kier molecular flexibility index (Phi) is 4.86. The summed E-state index contributed by atoms with van der Waals surface area (Å²) in [5, 5.41) is 7.95. The minimum atomic E-state index is -0.293. The number of para-hydroxylation sites is 2. The van der Waals surface area contributed by atoms with Crippen LogP contribution in [0.15, 0.2) is 71.9 Å². The minimum absolute atomic E-state index is 0.144. The third-order valence-electron chi connectivity index (χ3n) is 6.09. The van der Waals surface area contributed by atoms with E-state index in [1.807, 2.05) is 30.4 Å². The minimum Gasteiger partial charge on any atom is -0.483 e. The molecule has 0 aromatic heterocycles. The fraction of sp³-hybridized carbons (Fsp3) is 0.250. The zero-order valence-electron chi connectivity index (χ0n) is 16.7. The number of imide groups is 1. The van der Waals surface area contributed by atoms with Crippen LogP contribution in [0.5, 0.6) is 5.75 Å². The molecule has 3 amide bonds. The lowest BCUT2D eigenvalue weighted by Gasteiger charge is -2.13. The maximum absolute atomic E-state index is 12.8. The monoisotopic (exact) mass is 415 g/mol. The number of hydrogen-bond donors (Lipinski definition) is 1. The van der Waals surface area contributed by atoms with Gasteiger partial charge < -0.3 is 10.1 Å². The lowest BCUT2D eigenvalue weighted by atomic mass is 9.85. The summed E-state index contributed by atoms with van der Waals surface area (Å²) in [6, 6.07) is 16.2. The summed E-state index contributed by atoms with van der Waals surface area (Å²) in [5.74, 6) is -0.599. The van der Waals surface area contributed by atoms with Gasteiger partial charge >= 0.3 is 0 Å². The molecule has 7 heteroatoms. The smallest absolute Gasteiger partial charge is 0.262 e. The highest BCUT2D eigenvalue weighted by atomic mass is 16.5. The van der Waals surface area contributed by atoms with Crippen LogP contribution < -0.4 is 10.1 Å². The van der Waals surface area contributed by atoms with Gasteiger partial charge in [-0.3, -0.25) is 14.4 Å². The van der Waals surface area contributed by atoms with E-state index >= 15 is 0 Å². The van der Waals surface area contributed by atoms with Crippen LogP contribution in [0, 0.1) is 23.7 Å². The van der Waals surface area contributed by atoms with E-state index in [-0.39, 0.29) is 48.0 Å². The van der Waals surface area contributed by atoms with Gasteiger partial charge in [0.15, 0.2) is 6.61 Å². The highest BCUT2D eigenvalue weighted by molar-refractivity contribution is 6.07. The van der Waals surface area contributed by atoms with Gasteiger partial charge in [0.1, 0.15) is 5.75 Å². The largest absolute Gasteiger partial charge is 0.483 e. The molecule has 2 bridgehead atoms. The van der Waals surface area contributed by atoms with E-state index in [0.29, 0.717) is 17.0 Å². The molecule has 2 aromatic rings. The Morgan fingerprint density at radius 2 is 1.65 bits per heavy atom. The molecule has 2 aromatic carbocycles. The van der Waals surface area contributed by atoms with E-state index in [1.165, 1.54) is 6.21 Å². The van der Waals surface area contributed by atoms with Crippen LogP contribution in [0.1, 0.15) is 12.0 Å². The highest BCUT2D eigenvalue weighted by Gasteiger charge is 2.59. The first kappa shape index (κ1) is 19.2. The van der Waals surface area contributed by atoms with Crippen LogP contribution in [-0.4, -0.2) is 35.6 Å². The molecular formula is C24H21N3O4. The van der Waals surface area contributed by atoms with Gasteiger partial charge in [-0.2, -0.15) is 10.1 Å². The van der Waals surface area contributed by atoms with Gasteiger partial charge in [0.05, 0.1) is 18.1 Å². The number of nitrogens with one attached hydrogen (secondary N) is 1. The fourth-order valence-corrected chi connectivity index (χ4v) is 4.70. The van der Waals surface area contributed by atoms with E-state index in [4.69, 9.17) is 4.74 Å². The molecule has 7 nitrogen and oxygen atoms in total. The first-order valence-electron chi connectivity index (χ1n) is 10.3. The molecule has 1 saturated heterocycles. The van der Waals surface area contributed by atoms with Gasteiger partial charge in [-0.15, -0.1) is 0 Å². The number of carbonyl (C=O) groups excluding carboxylic acids is 3. The van der Waals surface area contributed by atoms with Crippen molar-refractivity contribution in [2.24, 2.45) is 28.8 Å². The SMILES string of the molecule is O=C(COc1ccccc1C=NN1C(=O)C2C3C=CC(C3)C2C1=O)Nc1ccccc1. The topological polar surface area (TPSA) is 88.1 Å². The number of nitrogens with zero attached hydrogens (tertiary/aromatic N) is 2. The van der Waals surface area contributed by atoms with E-state index in [9.17, 15) is 14.4 Å². The second-order valence-corrected chi connectivity index (χ2v) is 7.97. The van der Waals surface area contributed by atoms with Crippen molar-refractivity contribution in [1.29, 1.82) is 0 Å². The Hall–Kier alpha value is -3.74.